The number of carbonyl (C=O) groups is 2. The fraction of sp³-hybridized carbons (Fsp3) is 0.182. The number of hydrazone groups is 1. The SMILES string of the molecule is O=C(CN1C[C@@H](c2ccccc2)CC1=O)N/N=C\c1cn[nH]c1-c1ccc(F)cc1. The summed E-state index contributed by atoms with van der Waals surface area (Å²) in [6.45, 7) is 0.464. The minimum atomic E-state index is -0.375. The second-order valence-corrected chi connectivity index (χ2v) is 7.09. The van der Waals surface area contributed by atoms with E-state index in [-0.39, 0.29) is 30.1 Å². The highest BCUT2D eigenvalue weighted by Gasteiger charge is 2.31. The van der Waals surface area contributed by atoms with E-state index < -0.39 is 0 Å². The second-order valence-electron chi connectivity index (χ2n) is 7.09. The Bertz CT molecular complexity index is 1060. The zero-order valence-corrected chi connectivity index (χ0v) is 16.1. The normalized spacial score (nSPS) is 16.4. The molecule has 4 rings (SSSR count). The van der Waals surface area contributed by atoms with Crippen LogP contribution in [0.15, 0.2) is 65.9 Å². The van der Waals surface area contributed by atoms with Crippen LogP contribution in [0.3, 0.4) is 0 Å². The smallest absolute Gasteiger partial charge is 0.259 e. The molecule has 1 aliphatic heterocycles. The van der Waals surface area contributed by atoms with Gasteiger partial charge in [-0.1, -0.05) is 30.3 Å². The van der Waals surface area contributed by atoms with Gasteiger partial charge in [-0.05, 0) is 29.8 Å². The summed E-state index contributed by atoms with van der Waals surface area (Å²) in [6.07, 6.45) is 3.41. The molecular formula is C22H20FN5O2. The molecule has 152 valence electrons. The summed E-state index contributed by atoms with van der Waals surface area (Å²) in [4.78, 5) is 26.0. The zero-order valence-electron chi connectivity index (χ0n) is 16.1. The van der Waals surface area contributed by atoms with Gasteiger partial charge in [-0.15, -0.1) is 0 Å². The number of H-pyrrole nitrogens is 1. The third-order valence-corrected chi connectivity index (χ3v) is 5.01. The fourth-order valence-corrected chi connectivity index (χ4v) is 3.50. The van der Waals surface area contributed by atoms with Crippen LogP contribution in [-0.2, 0) is 9.59 Å². The van der Waals surface area contributed by atoms with Crippen LogP contribution < -0.4 is 5.43 Å². The lowest BCUT2D eigenvalue weighted by molar-refractivity contribution is -0.133. The maximum absolute atomic E-state index is 13.1. The van der Waals surface area contributed by atoms with Crippen LogP contribution in [0.4, 0.5) is 4.39 Å². The number of aromatic amines is 1. The van der Waals surface area contributed by atoms with E-state index >= 15 is 0 Å². The van der Waals surface area contributed by atoms with E-state index in [1.807, 2.05) is 30.3 Å². The molecule has 0 unspecified atom stereocenters. The first-order valence-electron chi connectivity index (χ1n) is 9.54. The topological polar surface area (TPSA) is 90.4 Å². The lowest BCUT2D eigenvalue weighted by Crippen LogP contribution is -2.36. The van der Waals surface area contributed by atoms with Gasteiger partial charge >= 0.3 is 0 Å². The molecule has 1 fully saturated rings. The molecule has 1 aliphatic rings. The highest BCUT2D eigenvalue weighted by atomic mass is 19.1. The van der Waals surface area contributed by atoms with Crippen molar-refractivity contribution in [2.24, 2.45) is 5.10 Å². The standard InChI is InChI=1S/C22H20FN5O2/c23-19-8-6-16(7-9-19)22-18(12-25-27-22)11-24-26-20(29)14-28-13-17(10-21(28)30)15-4-2-1-3-5-15/h1-9,11-12,17H,10,13-14H2,(H,25,27)(H,26,29)/b24-11-/t17-/m0/s1. The van der Waals surface area contributed by atoms with Gasteiger partial charge in [-0.2, -0.15) is 10.2 Å². The maximum Gasteiger partial charge on any atom is 0.259 e. The van der Waals surface area contributed by atoms with Gasteiger partial charge in [0.05, 0.1) is 18.1 Å². The van der Waals surface area contributed by atoms with E-state index in [9.17, 15) is 14.0 Å². The number of hydrogen-bond acceptors (Lipinski definition) is 4. The minimum absolute atomic E-state index is 0.0450. The minimum Gasteiger partial charge on any atom is -0.333 e. The molecule has 0 bridgehead atoms. The first kappa shape index (κ1) is 19.5. The molecule has 0 saturated carbocycles. The summed E-state index contributed by atoms with van der Waals surface area (Å²) in [5, 5.41) is 10.8. The van der Waals surface area contributed by atoms with Gasteiger partial charge in [-0.3, -0.25) is 14.7 Å². The van der Waals surface area contributed by atoms with E-state index in [1.54, 1.807) is 23.2 Å². The Morgan fingerprint density at radius 1 is 1.23 bits per heavy atom. The van der Waals surface area contributed by atoms with Crippen LogP contribution in [0.5, 0.6) is 0 Å². The average Bonchev–Trinajstić information content (AvgIpc) is 3.36. The van der Waals surface area contributed by atoms with Crippen molar-refractivity contribution in [2.45, 2.75) is 12.3 Å². The van der Waals surface area contributed by atoms with E-state index in [2.05, 4.69) is 20.7 Å². The Morgan fingerprint density at radius 3 is 2.77 bits per heavy atom. The summed E-state index contributed by atoms with van der Waals surface area (Å²) in [5.41, 5.74) is 5.59. The van der Waals surface area contributed by atoms with Crippen molar-refractivity contribution in [1.29, 1.82) is 0 Å². The largest absolute Gasteiger partial charge is 0.333 e. The summed E-state index contributed by atoms with van der Waals surface area (Å²) in [5.74, 6) is -0.650. The first-order valence-corrected chi connectivity index (χ1v) is 9.54. The van der Waals surface area contributed by atoms with E-state index in [0.29, 0.717) is 24.2 Å². The third-order valence-electron chi connectivity index (χ3n) is 5.01. The molecule has 8 heteroatoms. The zero-order chi connectivity index (χ0) is 20.9. The Morgan fingerprint density at radius 2 is 2.00 bits per heavy atom. The summed E-state index contributed by atoms with van der Waals surface area (Å²) in [7, 11) is 0. The fourth-order valence-electron chi connectivity index (χ4n) is 3.50. The van der Waals surface area contributed by atoms with E-state index in [4.69, 9.17) is 0 Å². The number of amides is 2. The molecule has 7 nitrogen and oxygen atoms in total. The number of hydrogen-bond donors (Lipinski definition) is 2. The number of carbonyl (C=O) groups excluding carboxylic acids is 2. The highest BCUT2D eigenvalue weighted by molar-refractivity contribution is 5.90. The predicted octanol–water partition coefficient (Wildman–Crippen LogP) is 2.68. The monoisotopic (exact) mass is 405 g/mol. The number of benzene rings is 2. The Hall–Kier alpha value is -3.81. The van der Waals surface area contributed by atoms with Gasteiger partial charge in [0.1, 0.15) is 12.4 Å². The molecule has 3 aromatic rings. The van der Waals surface area contributed by atoms with Crippen LogP contribution in [0.1, 0.15) is 23.5 Å². The summed E-state index contributed by atoms with van der Waals surface area (Å²) < 4.78 is 13.1. The number of rotatable bonds is 6. The number of halogens is 1. The molecular weight excluding hydrogens is 385 g/mol. The van der Waals surface area contributed by atoms with Gasteiger partial charge in [0.25, 0.3) is 5.91 Å². The molecule has 1 aromatic heterocycles. The number of nitrogens with one attached hydrogen (secondary N) is 2. The van der Waals surface area contributed by atoms with Gasteiger partial charge in [0.15, 0.2) is 0 Å². The molecule has 2 heterocycles. The summed E-state index contributed by atoms with van der Waals surface area (Å²) >= 11 is 0. The van der Waals surface area contributed by atoms with Crippen molar-refractivity contribution in [3.8, 4) is 11.3 Å². The molecule has 2 N–H and O–H groups in total. The van der Waals surface area contributed by atoms with Crippen molar-refractivity contribution in [2.75, 3.05) is 13.1 Å². The molecule has 1 atom stereocenters. The van der Waals surface area contributed by atoms with Crippen molar-refractivity contribution >= 4 is 18.0 Å². The van der Waals surface area contributed by atoms with Crippen LogP contribution in [-0.4, -0.2) is 46.2 Å². The number of aromatic nitrogens is 2. The number of likely N-dealkylation sites (tertiary alicyclic amines) is 1. The Kier molecular flexibility index (Phi) is 5.65. The lowest BCUT2D eigenvalue weighted by Gasteiger charge is -2.15. The van der Waals surface area contributed by atoms with Gasteiger partial charge in [-0.25, -0.2) is 9.82 Å². The van der Waals surface area contributed by atoms with Crippen molar-refractivity contribution in [3.63, 3.8) is 0 Å². The van der Waals surface area contributed by atoms with Gasteiger partial charge in [0.2, 0.25) is 5.91 Å². The molecule has 30 heavy (non-hydrogen) atoms. The van der Waals surface area contributed by atoms with Crippen molar-refractivity contribution in [3.05, 3.63) is 77.7 Å². The van der Waals surface area contributed by atoms with Crippen LogP contribution >= 0.6 is 0 Å². The molecule has 0 radical (unpaired) electrons. The quantitative estimate of drug-likeness (QED) is 0.488. The summed E-state index contributed by atoms with van der Waals surface area (Å²) in [6, 6.07) is 15.8. The molecule has 2 aromatic carbocycles. The van der Waals surface area contributed by atoms with Gasteiger partial charge in [0, 0.05) is 30.0 Å². The third kappa shape index (κ3) is 4.43. The van der Waals surface area contributed by atoms with E-state index in [1.165, 1.54) is 18.3 Å². The predicted molar refractivity (Wildman–Crippen MR) is 110 cm³/mol. The van der Waals surface area contributed by atoms with Crippen LogP contribution in [0, 0.1) is 5.82 Å². The lowest BCUT2D eigenvalue weighted by atomic mass is 9.99. The second kappa shape index (κ2) is 8.69. The van der Waals surface area contributed by atoms with Crippen LogP contribution in [0.25, 0.3) is 11.3 Å². The maximum atomic E-state index is 13.1. The molecule has 1 saturated heterocycles. The Balaban J connectivity index is 1.33. The number of nitrogens with zero attached hydrogens (tertiary/aromatic N) is 3. The van der Waals surface area contributed by atoms with Crippen LogP contribution in [0.2, 0.25) is 0 Å². The average molecular weight is 405 g/mol. The molecule has 2 amide bonds. The molecule has 0 spiro atoms. The van der Waals surface area contributed by atoms with E-state index in [0.717, 1.165) is 11.1 Å². The molecule has 0 aliphatic carbocycles. The van der Waals surface area contributed by atoms with Gasteiger partial charge < -0.3 is 4.90 Å². The Labute approximate surface area is 172 Å². The van der Waals surface area contributed by atoms with Crippen molar-refractivity contribution in [1.82, 2.24) is 20.5 Å². The van der Waals surface area contributed by atoms with Crippen molar-refractivity contribution < 1.29 is 14.0 Å². The first-order chi connectivity index (χ1) is 14.6. The highest BCUT2D eigenvalue weighted by Crippen LogP contribution is 2.27.